The second kappa shape index (κ2) is 11.4. The van der Waals surface area contributed by atoms with Crippen molar-refractivity contribution in [1.82, 2.24) is 10.6 Å². The van der Waals surface area contributed by atoms with Gasteiger partial charge in [-0.1, -0.05) is 66.7 Å². The number of amidine groups is 1. The average molecular weight is 530 g/mol. The first kappa shape index (κ1) is 27.4. The zero-order chi connectivity index (χ0) is 28.2. The number of hydrogen-bond donors (Lipinski definition) is 4. The zero-order valence-corrected chi connectivity index (χ0v) is 22.0. The topological polar surface area (TPSA) is 138 Å². The van der Waals surface area contributed by atoms with Crippen LogP contribution >= 0.6 is 0 Å². The van der Waals surface area contributed by atoms with Gasteiger partial charge in [-0.3, -0.25) is 10.7 Å². The predicted octanol–water partition coefficient (Wildman–Crippen LogP) is 5.07. The third-order valence-electron chi connectivity index (χ3n) is 6.22. The number of carboxylic acids is 1. The summed E-state index contributed by atoms with van der Waals surface area (Å²) in [6.45, 7) is 5.21. The minimum absolute atomic E-state index is 0.0485. The molecule has 0 aliphatic heterocycles. The molecule has 39 heavy (non-hydrogen) atoms. The molecule has 9 nitrogen and oxygen atoms in total. The highest BCUT2D eigenvalue weighted by molar-refractivity contribution is 6.04. The molecule has 0 saturated carbocycles. The van der Waals surface area contributed by atoms with E-state index in [1.54, 1.807) is 45.0 Å². The van der Waals surface area contributed by atoms with Gasteiger partial charge in [0, 0.05) is 17.9 Å². The van der Waals surface area contributed by atoms with Crippen LogP contribution in [0.1, 0.15) is 48.9 Å². The van der Waals surface area contributed by atoms with Crippen molar-refractivity contribution in [2.75, 3.05) is 6.61 Å². The first-order chi connectivity index (χ1) is 18.5. The molecule has 1 atom stereocenters. The Morgan fingerprint density at radius 1 is 0.923 bits per heavy atom. The molecule has 3 aromatic carbocycles. The van der Waals surface area contributed by atoms with Crippen LogP contribution in [-0.2, 0) is 20.7 Å². The van der Waals surface area contributed by atoms with Gasteiger partial charge in [-0.25, -0.2) is 14.4 Å². The molecular formula is C30H31N3O6. The first-order valence-corrected chi connectivity index (χ1v) is 12.5. The number of hydrogen-bond acceptors (Lipinski definition) is 6. The fourth-order valence-electron chi connectivity index (χ4n) is 4.55. The summed E-state index contributed by atoms with van der Waals surface area (Å²) < 4.78 is 10.7. The highest BCUT2D eigenvalue weighted by Gasteiger charge is 2.30. The molecule has 0 bridgehead atoms. The van der Waals surface area contributed by atoms with Gasteiger partial charge in [0.1, 0.15) is 24.1 Å². The minimum atomic E-state index is -1.26. The van der Waals surface area contributed by atoms with Crippen molar-refractivity contribution >= 4 is 24.0 Å². The van der Waals surface area contributed by atoms with Crippen molar-refractivity contribution in [3.8, 4) is 11.1 Å². The Morgan fingerprint density at radius 2 is 1.54 bits per heavy atom. The van der Waals surface area contributed by atoms with Crippen molar-refractivity contribution in [2.24, 2.45) is 0 Å². The molecule has 3 aromatic rings. The van der Waals surface area contributed by atoms with Gasteiger partial charge >= 0.3 is 18.2 Å². The van der Waals surface area contributed by atoms with Crippen LogP contribution in [0.5, 0.6) is 0 Å². The highest BCUT2D eigenvalue weighted by Crippen LogP contribution is 2.44. The Hall–Kier alpha value is -4.66. The molecule has 0 aromatic heterocycles. The first-order valence-electron chi connectivity index (χ1n) is 12.5. The molecule has 0 fully saturated rings. The summed E-state index contributed by atoms with van der Waals surface area (Å²) in [5.41, 5.74) is 4.50. The number of nitrogens with one attached hydrogen (secondary N) is 3. The average Bonchev–Trinajstić information content (AvgIpc) is 3.19. The lowest BCUT2D eigenvalue weighted by Gasteiger charge is -2.20. The van der Waals surface area contributed by atoms with Gasteiger partial charge in [-0.05, 0) is 54.7 Å². The summed E-state index contributed by atoms with van der Waals surface area (Å²) in [6, 6.07) is 21.1. The fourth-order valence-corrected chi connectivity index (χ4v) is 4.55. The Balaban J connectivity index is 1.38. The van der Waals surface area contributed by atoms with E-state index in [9.17, 15) is 19.5 Å². The Labute approximate surface area is 226 Å². The van der Waals surface area contributed by atoms with Crippen LogP contribution in [0.4, 0.5) is 9.59 Å². The van der Waals surface area contributed by atoms with Gasteiger partial charge in [0.15, 0.2) is 0 Å². The predicted molar refractivity (Wildman–Crippen MR) is 146 cm³/mol. The lowest BCUT2D eigenvalue weighted by atomic mass is 9.98. The van der Waals surface area contributed by atoms with Gasteiger partial charge in [-0.2, -0.15) is 0 Å². The van der Waals surface area contributed by atoms with Crippen molar-refractivity contribution in [1.29, 1.82) is 5.41 Å². The summed E-state index contributed by atoms with van der Waals surface area (Å²) in [4.78, 5) is 36.6. The van der Waals surface area contributed by atoms with E-state index in [0.717, 1.165) is 22.3 Å². The molecule has 4 rings (SSSR count). The van der Waals surface area contributed by atoms with Crippen molar-refractivity contribution in [3.63, 3.8) is 0 Å². The van der Waals surface area contributed by atoms with E-state index in [0.29, 0.717) is 11.1 Å². The maximum atomic E-state index is 12.6. The molecule has 4 N–H and O–H groups in total. The van der Waals surface area contributed by atoms with Crippen LogP contribution < -0.4 is 10.6 Å². The smallest absolute Gasteiger partial charge is 0.413 e. The Morgan fingerprint density at radius 3 is 2.13 bits per heavy atom. The highest BCUT2D eigenvalue weighted by atomic mass is 16.6. The number of alkyl carbamates (subject to hydrolysis) is 2. The van der Waals surface area contributed by atoms with Gasteiger partial charge in [0.25, 0.3) is 0 Å². The number of amides is 2. The SMILES string of the molecule is CC(C)(C)OC(=O)NC(=N)c1cccc(C[C@H](NC(=O)OCC2c3ccccc3-c3ccccc32)C(=O)O)c1. The summed E-state index contributed by atoms with van der Waals surface area (Å²) in [6.07, 6.45) is -1.65. The van der Waals surface area contributed by atoms with E-state index in [-0.39, 0.29) is 24.8 Å². The van der Waals surface area contributed by atoms with Crippen LogP contribution in [0.2, 0.25) is 0 Å². The van der Waals surface area contributed by atoms with Gasteiger partial charge in [-0.15, -0.1) is 0 Å². The maximum Gasteiger partial charge on any atom is 0.413 e. The Bertz CT molecular complexity index is 1370. The van der Waals surface area contributed by atoms with Gasteiger partial charge < -0.3 is 19.9 Å². The molecule has 0 heterocycles. The van der Waals surface area contributed by atoms with Crippen molar-refractivity contribution in [3.05, 3.63) is 95.1 Å². The zero-order valence-electron chi connectivity index (χ0n) is 22.0. The van der Waals surface area contributed by atoms with Crippen LogP contribution in [0.15, 0.2) is 72.8 Å². The fraction of sp³-hybridized carbons (Fsp3) is 0.267. The molecule has 0 saturated heterocycles. The molecular weight excluding hydrogens is 498 g/mol. The van der Waals surface area contributed by atoms with Crippen LogP contribution in [0.25, 0.3) is 11.1 Å². The second-order valence-electron chi connectivity index (χ2n) is 10.3. The number of fused-ring (bicyclic) bond motifs is 3. The van der Waals surface area contributed by atoms with Crippen molar-refractivity contribution in [2.45, 2.75) is 44.8 Å². The minimum Gasteiger partial charge on any atom is -0.480 e. The number of carboxylic acid groups (broad SMARTS) is 1. The molecule has 0 spiro atoms. The van der Waals surface area contributed by atoms with Crippen LogP contribution in [-0.4, -0.2) is 47.3 Å². The molecule has 0 unspecified atom stereocenters. The maximum absolute atomic E-state index is 12.6. The number of aliphatic carboxylic acids is 1. The van der Waals surface area contributed by atoms with E-state index in [4.69, 9.17) is 14.9 Å². The summed E-state index contributed by atoms with van der Waals surface area (Å²) in [5, 5.41) is 22.7. The number of rotatable bonds is 7. The standard InChI is InChI=1S/C30H31N3O6/c1-30(2,3)39-29(37)33-26(31)19-10-8-9-18(15-19)16-25(27(34)35)32-28(36)38-17-24-22-13-6-4-11-20(22)21-12-5-7-14-23(21)24/h4-15,24-25H,16-17H2,1-3H3,(H,32,36)(H,34,35)(H2,31,33,37)/t25-/m0/s1. The molecule has 9 heteroatoms. The number of carbonyl (C=O) groups is 3. The number of ether oxygens (including phenoxy) is 2. The summed E-state index contributed by atoms with van der Waals surface area (Å²) in [5.74, 6) is -1.56. The summed E-state index contributed by atoms with van der Waals surface area (Å²) >= 11 is 0. The van der Waals surface area contributed by atoms with Crippen LogP contribution in [0.3, 0.4) is 0 Å². The molecule has 0 radical (unpaired) electrons. The quantitative estimate of drug-likeness (QED) is 0.249. The van der Waals surface area contributed by atoms with E-state index >= 15 is 0 Å². The monoisotopic (exact) mass is 529 g/mol. The largest absolute Gasteiger partial charge is 0.480 e. The van der Waals surface area contributed by atoms with Crippen molar-refractivity contribution < 1.29 is 29.0 Å². The molecule has 202 valence electrons. The van der Waals surface area contributed by atoms with E-state index in [1.165, 1.54) is 0 Å². The Kier molecular flexibility index (Phi) is 7.99. The molecule has 1 aliphatic carbocycles. The van der Waals surface area contributed by atoms with Gasteiger partial charge in [0.05, 0.1) is 0 Å². The van der Waals surface area contributed by atoms with Crippen LogP contribution in [0, 0.1) is 5.41 Å². The third kappa shape index (κ3) is 6.81. The number of carbonyl (C=O) groups excluding carboxylic acids is 2. The lowest BCUT2D eigenvalue weighted by Crippen LogP contribution is -2.43. The summed E-state index contributed by atoms with van der Waals surface area (Å²) in [7, 11) is 0. The molecule has 1 aliphatic rings. The normalized spacial score (nSPS) is 13.0. The third-order valence-corrected chi connectivity index (χ3v) is 6.22. The van der Waals surface area contributed by atoms with Gasteiger partial charge in [0.2, 0.25) is 0 Å². The van der Waals surface area contributed by atoms with E-state index in [1.807, 2.05) is 48.5 Å². The van der Waals surface area contributed by atoms with E-state index < -0.39 is 29.8 Å². The lowest BCUT2D eigenvalue weighted by molar-refractivity contribution is -0.139. The molecule has 2 amide bonds. The second-order valence-corrected chi connectivity index (χ2v) is 10.3. The number of benzene rings is 3. The van der Waals surface area contributed by atoms with E-state index in [2.05, 4.69) is 10.6 Å².